The van der Waals surface area contributed by atoms with Gasteiger partial charge in [0.15, 0.2) is 0 Å². The number of fused-ring (bicyclic) bond motifs is 1. The van der Waals surface area contributed by atoms with Crippen molar-refractivity contribution in [2.24, 2.45) is 0 Å². The van der Waals surface area contributed by atoms with Gasteiger partial charge < -0.3 is 10.4 Å². The van der Waals surface area contributed by atoms with E-state index in [9.17, 15) is 20.0 Å². The summed E-state index contributed by atoms with van der Waals surface area (Å²) < 4.78 is 0. The second-order valence-corrected chi connectivity index (χ2v) is 6.35. The van der Waals surface area contributed by atoms with Crippen LogP contribution < -0.4 is 5.32 Å². The molecule has 0 radical (unpaired) electrons. The Morgan fingerprint density at radius 2 is 1.96 bits per heavy atom. The molecule has 3 rings (SSSR count). The molecule has 0 atom stereocenters. The molecule has 0 aliphatic rings. The molecular formula is C21H14ClN3O3. The van der Waals surface area contributed by atoms with E-state index in [1.165, 1.54) is 18.2 Å². The summed E-state index contributed by atoms with van der Waals surface area (Å²) in [5.41, 5.74) is 1.91. The van der Waals surface area contributed by atoms with Crippen LogP contribution in [0.3, 0.4) is 0 Å². The summed E-state index contributed by atoms with van der Waals surface area (Å²) in [6.45, 7) is 1.91. The Kier molecular flexibility index (Phi) is 5.39. The van der Waals surface area contributed by atoms with Gasteiger partial charge in [-0.1, -0.05) is 41.9 Å². The number of rotatable bonds is 4. The Hall–Kier alpha value is -3.69. The fourth-order valence-corrected chi connectivity index (χ4v) is 2.91. The van der Waals surface area contributed by atoms with Gasteiger partial charge >= 0.3 is 5.97 Å². The Morgan fingerprint density at radius 3 is 2.68 bits per heavy atom. The van der Waals surface area contributed by atoms with Crippen LogP contribution in [0.1, 0.15) is 21.5 Å². The Labute approximate surface area is 165 Å². The fraction of sp³-hybridized carbons (Fsp3) is 0.0476. The van der Waals surface area contributed by atoms with Crippen molar-refractivity contribution in [3.63, 3.8) is 0 Å². The van der Waals surface area contributed by atoms with Crippen LogP contribution in [0.15, 0.2) is 54.1 Å². The molecule has 0 aliphatic heterocycles. The number of para-hydroxylation sites is 2. The topological polar surface area (TPSA) is 103 Å². The van der Waals surface area contributed by atoms with E-state index in [0.29, 0.717) is 5.56 Å². The van der Waals surface area contributed by atoms with Crippen molar-refractivity contribution in [1.82, 2.24) is 4.98 Å². The summed E-state index contributed by atoms with van der Waals surface area (Å²) in [6.07, 6.45) is 1.33. The minimum Gasteiger partial charge on any atom is -0.478 e. The van der Waals surface area contributed by atoms with Crippen LogP contribution in [0.4, 0.5) is 5.69 Å². The quantitative estimate of drug-likeness (QED) is 0.388. The number of carbonyl (C=O) groups excluding carboxylic acids is 1. The number of aromatic carboxylic acids is 1. The highest BCUT2D eigenvalue weighted by atomic mass is 35.5. The minimum atomic E-state index is -1.18. The van der Waals surface area contributed by atoms with Gasteiger partial charge in [0.1, 0.15) is 16.8 Å². The van der Waals surface area contributed by atoms with Crippen LogP contribution in [0, 0.1) is 18.3 Å². The van der Waals surface area contributed by atoms with E-state index in [1.54, 1.807) is 18.2 Å². The third-order valence-electron chi connectivity index (χ3n) is 4.10. The van der Waals surface area contributed by atoms with Gasteiger partial charge in [-0.2, -0.15) is 5.26 Å². The van der Waals surface area contributed by atoms with Crippen LogP contribution in [0.2, 0.25) is 5.15 Å². The Bertz CT molecular complexity index is 1180. The number of hydrogen-bond donors (Lipinski definition) is 2. The van der Waals surface area contributed by atoms with E-state index < -0.39 is 11.9 Å². The summed E-state index contributed by atoms with van der Waals surface area (Å²) in [6, 6.07) is 15.2. The van der Waals surface area contributed by atoms with Crippen LogP contribution in [-0.4, -0.2) is 22.0 Å². The first-order valence-electron chi connectivity index (χ1n) is 8.22. The van der Waals surface area contributed by atoms with Gasteiger partial charge in [-0.3, -0.25) is 4.79 Å². The lowest BCUT2D eigenvalue weighted by Crippen LogP contribution is -2.16. The smallest absolute Gasteiger partial charge is 0.337 e. The number of carboxylic acids is 1. The monoisotopic (exact) mass is 391 g/mol. The second-order valence-electron chi connectivity index (χ2n) is 5.99. The molecule has 0 saturated carbocycles. The molecule has 28 heavy (non-hydrogen) atoms. The van der Waals surface area contributed by atoms with E-state index in [2.05, 4.69) is 10.3 Å². The van der Waals surface area contributed by atoms with Crippen molar-refractivity contribution in [1.29, 1.82) is 5.26 Å². The number of halogens is 1. The maximum atomic E-state index is 12.5. The zero-order valence-electron chi connectivity index (χ0n) is 14.7. The molecule has 0 aliphatic carbocycles. The molecule has 2 N–H and O–H groups in total. The number of hydrogen-bond acceptors (Lipinski definition) is 4. The largest absolute Gasteiger partial charge is 0.478 e. The lowest BCUT2D eigenvalue weighted by atomic mass is 10.1. The molecule has 138 valence electrons. The van der Waals surface area contributed by atoms with Gasteiger partial charge in [-0.05, 0) is 36.8 Å². The van der Waals surface area contributed by atoms with Gasteiger partial charge in [-0.15, -0.1) is 0 Å². The number of pyridine rings is 1. The maximum Gasteiger partial charge on any atom is 0.337 e. The van der Waals surface area contributed by atoms with E-state index in [-0.39, 0.29) is 22.0 Å². The van der Waals surface area contributed by atoms with Crippen LogP contribution in [0.25, 0.3) is 17.0 Å². The molecule has 3 aromatic rings. The average molecular weight is 392 g/mol. The highest BCUT2D eigenvalue weighted by molar-refractivity contribution is 6.31. The average Bonchev–Trinajstić information content (AvgIpc) is 2.67. The van der Waals surface area contributed by atoms with Crippen molar-refractivity contribution >= 4 is 46.1 Å². The lowest BCUT2D eigenvalue weighted by Gasteiger charge is -2.08. The number of carboxylic acid groups (broad SMARTS) is 1. The number of aryl methyl sites for hydroxylation is 1. The number of anilines is 1. The molecule has 1 amide bonds. The van der Waals surface area contributed by atoms with Crippen LogP contribution >= 0.6 is 11.6 Å². The molecule has 0 spiro atoms. The Balaban J connectivity index is 1.98. The summed E-state index contributed by atoms with van der Waals surface area (Å²) in [7, 11) is 0. The van der Waals surface area contributed by atoms with Crippen molar-refractivity contribution < 1.29 is 14.7 Å². The maximum absolute atomic E-state index is 12.5. The first-order chi connectivity index (χ1) is 13.4. The zero-order valence-corrected chi connectivity index (χ0v) is 15.5. The molecule has 0 fully saturated rings. The van der Waals surface area contributed by atoms with E-state index in [0.717, 1.165) is 16.5 Å². The zero-order chi connectivity index (χ0) is 20.3. The minimum absolute atomic E-state index is 0.0750. The summed E-state index contributed by atoms with van der Waals surface area (Å²) in [4.78, 5) is 28.1. The van der Waals surface area contributed by atoms with Gasteiger partial charge in [-0.25, -0.2) is 9.78 Å². The number of aromatic nitrogens is 1. The van der Waals surface area contributed by atoms with Gasteiger partial charge in [0.25, 0.3) is 5.91 Å². The van der Waals surface area contributed by atoms with Crippen molar-refractivity contribution in [2.75, 3.05) is 5.32 Å². The van der Waals surface area contributed by atoms with Crippen LogP contribution in [-0.2, 0) is 4.79 Å². The summed E-state index contributed by atoms with van der Waals surface area (Å²) in [5, 5.41) is 22.1. The summed E-state index contributed by atoms with van der Waals surface area (Å²) >= 11 is 6.23. The standard InChI is InChI=1S/C21H14ClN3O3/c1-12-5-4-6-13-9-14(19(22)25-18(12)13)10-15(11-23)20(26)24-17-8-3-2-7-16(17)21(27)28/h2-10H,1H3,(H,24,26)(H,27,28). The first kappa shape index (κ1) is 19.1. The van der Waals surface area contributed by atoms with Gasteiger partial charge in [0.05, 0.1) is 16.8 Å². The van der Waals surface area contributed by atoms with Gasteiger partial charge in [0, 0.05) is 10.9 Å². The molecule has 1 aromatic heterocycles. The summed E-state index contributed by atoms with van der Waals surface area (Å²) in [5.74, 6) is -1.92. The van der Waals surface area contributed by atoms with E-state index in [4.69, 9.17) is 11.6 Å². The number of nitrogens with one attached hydrogen (secondary N) is 1. The highest BCUT2D eigenvalue weighted by Crippen LogP contribution is 2.25. The molecule has 1 heterocycles. The first-order valence-corrected chi connectivity index (χ1v) is 8.60. The number of carbonyl (C=O) groups is 2. The third-order valence-corrected chi connectivity index (χ3v) is 4.40. The van der Waals surface area contributed by atoms with E-state index >= 15 is 0 Å². The number of benzene rings is 2. The fourth-order valence-electron chi connectivity index (χ4n) is 2.71. The SMILES string of the molecule is Cc1cccc2cc(C=C(C#N)C(=O)Nc3ccccc3C(=O)O)c(Cl)nc12. The predicted molar refractivity (Wildman–Crippen MR) is 107 cm³/mol. The Morgan fingerprint density at radius 1 is 1.21 bits per heavy atom. The molecule has 0 saturated heterocycles. The normalized spacial score (nSPS) is 11.1. The second kappa shape index (κ2) is 7.91. The lowest BCUT2D eigenvalue weighted by molar-refractivity contribution is -0.112. The van der Waals surface area contributed by atoms with Crippen LogP contribution in [0.5, 0.6) is 0 Å². The van der Waals surface area contributed by atoms with E-state index in [1.807, 2.05) is 31.2 Å². The molecule has 0 unspecified atom stereocenters. The number of amides is 1. The van der Waals surface area contributed by atoms with Gasteiger partial charge in [0.2, 0.25) is 0 Å². The van der Waals surface area contributed by atoms with Crippen molar-refractivity contribution in [3.05, 3.63) is 75.9 Å². The predicted octanol–water partition coefficient (Wildman–Crippen LogP) is 4.44. The molecule has 7 heteroatoms. The molecule has 6 nitrogen and oxygen atoms in total. The molecule has 0 bridgehead atoms. The molecular weight excluding hydrogens is 378 g/mol. The number of nitrogens with zero attached hydrogens (tertiary/aromatic N) is 2. The van der Waals surface area contributed by atoms with Crippen molar-refractivity contribution in [2.45, 2.75) is 6.92 Å². The number of nitriles is 1. The molecule has 2 aromatic carbocycles. The highest BCUT2D eigenvalue weighted by Gasteiger charge is 2.16. The van der Waals surface area contributed by atoms with Crippen molar-refractivity contribution in [3.8, 4) is 6.07 Å². The third kappa shape index (κ3) is 3.85.